The number of nitro groups is 1. The molecule has 0 amide bonds. The van der Waals surface area contributed by atoms with Gasteiger partial charge in [-0.25, -0.2) is 4.79 Å². The first-order chi connectivity index (χ1) is 11.6. The molecule has 1 fully saturated rings. The first-order valence-corrected chi connectivity index (χ1v) is 7.89. The van der Waals surface area contributed by atoms with E-state index in [9.17, 15) is 14.9 Å². The second-order valence-electron chi connectivity index (χ2n) is 5.76. The van der Waals surface area contributed by atoms with Gasteiger partial charge in [-0.2, -0.15) is 0 Å². The molecule has 1 saturated heterocycles. The molecule has 132 valence electrons. The Kier molecular flexibility index (Phi) is 6.36. The van der Waals surface area contributed by atoms with E-state index in [1.165, 1.54) is 24.3 Å². The molecular weight excluding hydrogens is 344 g/mol. The number of nitrogens with zero attached hydrogens (tertiary/aromatic N) is 2. The van der Waals surface area contributed by atoms with Crippen LogP contribution in [0.5, 0.6) is 0 Å². The molecule has 25 heavy (non-hydrogen) atoms. The lowest BCUT2D eigenvalue weighted by Gasteiger charge is -2.34. The lowest BCUT2D eigenvalue weighted by atomic mass is 10.1. The van der Waals surface area contributed by atoms with Crippen LogP contribution in [0, 0.1) is 10.1 Å². The summed E-state index contributed by atoms with van der Waals surface area (Å²) in [7, 11) is 0. The van der Waals surface area contributed by atoms with Crippen molar-refractivity contribution >= 4 is 29.8 Å². The lowest BCUT2D eigenvalue weighted by molar-refractivity contribution is -0.384. The maximum atomic E-state index is 12.2. The molecule has 0 spiro atoms. The van der Waals surface area contributed by atoms with E-state index in [1.807, 2.05) is 30.3 Å². The monoisotopic (exact) mass is 362 g/mol. The number of rotatable bonds is 4. The van der Waals surface area contributed by atoms with Crippen LogP contribution in [0.2, 0.25) is 0 Å². The highest BCUT2D eigenvalue weighted by Gasteiger charge is 2.24. The van der Waals surface area contributed by atoms with Crippen LogP contribution < -0.4 is 4.90 Å². The predicted molar refractivity (Wildman–Crippen MR) is 97.4 cm³/mol. The van der Waals surface area contributed by atoms with Gasteiger partial charge in [-0.05, 0) is 37.1 Å². The van der Waals surface area contributed by atoms with Crippen molar-refractivity contribution in [1.82, 2.24) is 0 Å². The molecule has 0 bridgehead atoms. The van der Waals surface area contributed by atoms with Crippen molar-refractivity contribution in [2.24, 2.45) is 0 Å². The third-order valence-electron chi connectivity index (χ3n) is 4.09. The van der Waals surface area contributed by atoms with Gasteiger partial charge < -0.3 is 9.64 Å². The number of anilines is 1. The SMILES string of the molecule is Cl.O=C(OC1CCCN(c2ccccc2)C1)c1ccc([N+](=O)[O-])cc1. The number of ether oxygens (including phenoxy) is 1. The van der Waals surface area contributed by atoms with Gasteiger partial charge in [-0.15, -0.1) is 12.4 Å². The van der Waals surface area contributed by atoms with Crippen molar-refractivity contribution in [3.63, 3.8) is 0 Å². The molecule has 2 aromatic carbocycles. The van der Waals surface area contributed by atoms with E-state index in [0.717, 1.165) is 25.1 Å². The van der Waals surface area contributed by atoms with Crippen LogP contribution in [-0.2, 0) is 4.74 Å². The molecule has 0 aromatic heterocycles. The van der Waals surface area contributed by atoms with Crippen molar-refractivity contribution in [1.29, 1.82) is 0 Å². The maximum absolute atomic E-state index is 12.2. The summed E-state index contributed by atoms with van der Waals surface area (Å²) in [5.41, 5.74) is 1.41. The Labute approximate surface area is 152 Å². The molecule has 6 nitrogen and oxygen atoms in total. The van der Waals surface area contributed by atoms with Gasteiger partial charge in [0.2, 0.25) is 0 Å². The number of nitro benzene ring substituents is 1. The number of halogens is 1. The number of esters is 1. The van der Waals surface area contributed by atoms with Gasteiger partial charge in [0.15, 0.2) is 0 Å². The highest BCUT2D eigenvalue weighted by atomic mass is 35.5. The number of non-ortho nitro benzene ring substituents is 1. The molecule has 0 radical (unpaired) electrons. The Balaban J connectivity index is 0.00000225. The molecule has 1 heterocycles. The number of para-hydroxylation sites is 1. The average Bonchev–Trinajstić information content (AvgIpc) is 2.63. The fourth-order valence-electron chi connectivity index (χ4n) is 2.85. The minimum atomic E-state index is -0.492. The Hall–Kier alpha value is -2.60. The summed E-state index contributed by atoms with van der Waals surface area (Å²) in [5.74, 6) is -0.440. The van der Waals surface area contributed by atoms with E-state index < -0.39 is 10.9 Å². The molecule has 3 rings (SSSR count). The van der Waals surface area contributed by atoms with Crippen molar-refractivity contribution in [2.45, 2.75) is 18.9 Å². The fourth-order valence-corrected chi connectivity index (χ4v) is 2.85. The molecule has 2 aromatic rings. The van der Waals surface area contributed by atoms with E-state index >= 15 is 0 Å². The van der Waals surface area contributed by atoms with Gasteiger partial charge in [-0.3, -0.25) is 10.1 Å². The first-order valence-electron chi connectivity index (χ1n) is 7.89. The highest BCUT2D eigenvalue weighted by molar-refractivity contribution is 5.89. The van der Waals surface area contributed by atoms with Crippen LogP contribution in [0.4, 0.5) is 11.4 Å². The minimum Gasteiger partial charge on any atom is -0.457 e. The zero-order chi connectivity index (χ0) is 16.9. The van der Waals surface area contributed by atoms with Crippen molar-refractivity contribution in [2.75, 3.05) is 18.0 Å². The first kappa shape index (κ1) is 18.7. The fraction of sp³-hybridized carbons (Fsp3) is 0.278. The normalized spacial score (nSPS) is 16.6. The summed E-state index contributed by atoms with van der Waals surface area (Å²) >= 11 is 0. The Morgan fingerprint density at radius 1 is 1.12 bits per heavy atom. The number of hydrogen-bond acceptors (Lipinski definition) is 5. The van der Waals surface area contributed by atoms with Gasteiger partial charge >= 0.3 is 5.97 Å². The summed E-state index contributed by atoms with van der Waals surface area (Å²) < 4.78 is 5.58. The van der Waals surface area contributed by atoms with Crippen LogP contribution in [0.15, 0.2) is 54.6 Å². The summed E-state index contributed by atoms with van der Waals surface area (Å²) in [6.45, 7) is 1.60. The van der Waals surface area contributed by atoms with E-state index in [0.29, 0.717) is 12.1 Å². The summed E-state index contributed by atoms with van der Waals surface area (Å²) in [6.07, 6.45) is 1.59. The van der Waals surface area contributed by atoms with Crippen LogP contribution >= 0.6 is 12.4 Å². The smallest absolute Gasteiger partial charge is 0.338 e. The van der Waals surface area contributed by atoms with Gasteiger partial charge in [0.25, 0.3) is 5.69 Å². The molecule has 0 aliphatic carbocycles. The van der Waals surface area contributed by atoms with Gasteiger partial charge in [0.05, 0.1) is 17.0 Å². The van der Waals surface area contributed by atoms with E-state index in [2.05, 4.69) is 4.90 Å². The van der Waals surface area contributed by atoms with E-state index in [4.69, 9.17) is 4.74 Å². The molecular formula is C18H19ClN2O4. The van der Waals surface area contributed by atoms with Crippen molar-refractivity contribution in [3.8, 4) is 0 Å². The topological polar surface area (TPSA) is 72.7 Å². The van der Waals surface area contributed by atoms with Crippen molar-refractivity contribution in [3.05, 3.63) is 70.3 Å². The number of carbonyl (C=O) groups is 1. The molecule has 0 N–H and O–H groups in total. The molecule has 1 unspecified atom stereocenters. The number of hydrogen-bond donors (Lipinski definition) is 0. The molecule has 7 heteroatoms. The van der Waals surface area contributed by atoms with Crippen LogP contribution in [0.1, 0.15) is 23.2 Å². The quantitative estimate of drug-likeness (QED) is 0.469. The van der Waals surface area contributed by atoms with Gasteiger partial charge in [0, 0.05) is 24.4 Å². The third kappa shape index (κ3) is 4.70. The van der Waals surface area contributed by atoms with E-state index in [-0.39, 0.29) is 24.2 Å². The summed E-state index contributed by atoms with van der Waals surface area (Å²) in [5, 5.41) is 10.7. The Bertz CT molecular complexity index is 722. The molecule has 0 saturated carbocycles. The second kappa shape index (κ2) is 8.48. The number of piperidine rings is 1. The van der Waals surface area contributed by atoms with Crippen LogP contribution in [0.25, 0.3) is 0 Å². The Morgan fingerprint density at radius 2 is 1.80 bits per heavy atom. The number of carbonyl (C=O) groups excluding carboxylic acids is 1. The molecule has 1 atom stereocenters. The molecule has 1 aliphatic rings. The van der Waals surface area contributed by atoms with Gasteiger partial charge in [0.1, 0.15) is 6.10 Å². The standard InChI is InChI=1S/C18H18N2O4.ClH/c21-18(14-8-10-16(11-9-14)20(22)23)24-17-7-4-12-19(13-17)15-5-2-1-3-6-15;/h1-3,5-6,8-11,17H,4,7,12-13H2;1H. The van der Waals surface area contributed by atoms with Gasteiger partial charge in [-0.1, -0.05) is 18.2 Å². The summed E-state index contributed by atoms with van der Waals surface area (Å²) in [6, 6.07) is 15.5. The lowest BCUT2D eigenvalue weighted by Crippen LogP contribution is -2.40. The molecule has 1 aliphatic heterocycles. The largest absolute Gasteiger partial charge is 0.457 e. The highest BCUT2D eigenvalue weighted by Crippen LogP contribution is 2.22. The van der Waals surface area contributed by atoms with Crippen LogP contribution in [0.3, 0.4) is 0 Å². The zero-order valence-electron chi connectivity index (χ0n) is 13.5. The number of benzene rings is 2. The third-order valence-corrected chi connectivity index (χ3v) is 4.09. The zero-order valence-corrected chi connectivity index (χ0v) is 14.4. The maximum Gasteiger partial charge on any atom is 0.338 e. The Morgan fingerprint density at radius 3 is 2.44 bits per heavy atom. The summed E-state index contributed by atoms with van der Waals surface area (Å²) in [4.78, 5) is 24.6. The van der Waals surface area contributed by atoms with Crippen LogP contribution in [-0.4, -0.2) is 30.1 Å². The predicted octanol–water partition coefficient (Wildman–Crippen LogP) is 3.84. The second-order valence-corrected chi connectivity index (χ2v) is 5.76. The van der Waals surface area contributed by atoms with E-state index in [1.54, 1.807) is 0 Å². The minimum absolute atomic E-state index is 0. The average molecular weight is 363 g/mol. The van der Waals surface area contributed by atoms with Crippen molar-refractivity contribution < 1.29 is 14.5 Å².